The van der Waals surface area contributed by atoms with Crippen molar-refractivity contribution in [3.8, 4) is 5.75 Å². The Morgan fingerprint density at radius 1 is 1.25 bits per heavy atom. The molecule has 2 N–H and O–H groups in total. The third-order valence-electron chi connectivity index (χ3n) is 3.19. The van der Waals surface area contributed by atoms with Crippen LogP contribution in [0.3, 0.4) is 0 Å². The number of benzene rings is 1. The van der Waals surface area contributed by atoms with Crippen LogP contribution < -0.4 is 10.5 Å². The smallest absolute Gasteiger partial charge is 0.119 e. The first-order valence-electron chi connectivity index (χ1n) is 7.10. The molecule has 0 bridgehead atoms. The molecule has 0 saturated heterocycles. The van der Waals surface area contributed by atoms with E-state index in [1.165, 1.54) is 0 Å². The molecule has 1 atom stereocenters. The normalized spacial score (nSPS) is 12.6. The van der Waals surface area contributed by atoms with Gasteiger partial charge in [-0.1, -0.05) is 32.0 Å². The summed E-state index contributed by atoms with van der Waals surface area (Å²) in [5.41, 5.74) is 7.30. The highest BCUT2D eigenvalue weighted by Gasteiger charge is 2.13. The number of nitrogens with zero attached hydrogens (tertiary/aromatic N) is 2. The van der Waals surface area contributed by atoms with Crippen LogP contribution in [0.25, 0.3) is 0 Å². The van der Waals surface area contributed by atoms with E-state index in [0.29, 0.717) is 12.5 Å². The van der Waals surface area contributed by atoms with Gasteiger partial charge in [0, 0.05) is 12.2 Å². The lowest BCUT2D eigenvalue weighted by Gasteiger charge is -2.16. The Morgan fingerprint density at radius 2 is 2.00 bits per heavy atom. The maximum Gasteiger partial charge on any atom is 0.119 e. The van der Waals surface area contributed by atoms with Crippen LogP contribution >= 0.6 is 0 Å². The van der Waals surface area contributed by atoms with Gasteiger partial charge in [0.25, 0.3) is 0 Å². The van der Waals surface area contributed by atoms with E-state index in [0.717, 1.165) is 24.4 Å². The zero-order valence-corrected chi connectivity index (χ0v) is 12.2. The van der Waals surface area contributed by atoms with Gasteiger partial charge >= 0.3 is 0 Å². The van der Waals surface area contributed by atoms with Crippen molar-refractivity contribution in [1.82, 2.24) is 9.55 Å². The topological polar surface area (TPSA) is 53.1 Å². The molecule has 1 aromatic heterocycles. The lowest BCUT2D eigenvalue weighted by Crippen LogP contribution is -2.19. The van der Waals surface area contributed by atoms with Crippen LogP contribution in [0.5, 0.6) is 5.75 Å². The molecule has 108 valence electrons. The fourth-order valence-electron chi connectivity index (χ4n) is 2.23. The summed E-state index contributed by atoms with van der Waals surface area (Å²) >= 11 is 0. The molecule has 0 aliphatic heterocycles. The molecule has 0 amide bonds. The number of para-hydroxylation sites is 1. The molecule has 0 saturated carbocycles. The highest BCUT2D eigenvalue weighted by molar-refractivity contribution is 5.20. The molecule has 0 fully saturated rings. The fraction of sp³-hybridized carbons (Fsp3) is 0.438. The van der Waals surface area contributed by atoms with Gasteiger partial charge in [0.1, 0.15) is 12.4 Å². The van der Waals surface area contributed by atoms with Crippen molar-refractivity contribution in [2.45, 2.75) is 32.9 Å². The van der Waals surface area contributed by atoms with E-state index in [1.807, 2.05) is 42.9 Å². The number of hydrogen-bond acceptors (Lipinski definition) is 3. The molecule has 1 aromatic carbocycles. The predicted octanol–water partition coefficient (Wildman–Crippen LogP) is 3.01. The third kappa shape index (κ3) is 4.10. The van der Waals surface area contributed by atoms with Gasteiger partial charge in [-0.25, -0.2) is 4.98 Å². The summed E-state index contributed by atoms with van der Waals surface area (Å²) in [6.45, 7) is 5.73. The molecule has 4 nitrogen and oxygen atoms in total. The van der Waals surface area contributed by atoms with Gasteiger partial charge in [-0.15, -0.1) is 0 Å². The fourth-order valence-corrected chi connectivity index (χ4v) is 2.23. The van der Waals surface area contributed by atoms with Crippen LogP contribution in [0.2, 0.25) is 0 Å². The van der Waals surface area contributed by atoms with Crippen molar-refractivity contribution in [3.63, 3.8) is 0 Å². The highest BCUT2D eigenvalue weighted by atomic mass is 16.5. The Morgan fingerprint density at radius 3 is 2.70 bits per heavy atom. The average molecular weight is 273 g/mol. The Labute approximate surface area is 120 Å². The second kappa shape index (κ2) is 7.10. The Bertz CT molecular complexity index is 507. The van der Waals surface area contributed by atoms with Crippen LogP contribution in [0.1, 0.15) is 32.0 Å². The lowest BCUT2D eigenvalue weighted by atomic mass is 10.0. The molecule has 4 heteroatoms. The first kappa shape index (κ1) is 14.6. The molecule has 20 heavy (non-hydrogen) atoms. The van der Waals surface area contributed by atoms with Gasteiger partial charge in [-0.3, -0.25) is 0 Å². The molecule has 0 aliphatic carbocycles. The first-order chi connectivity index (χ1) is 9.66. The van der Waals surface area contributed by atoms with Gasteiger partial charge in [-0.2, -0.15) is 0 Å². The number of hydrogen-bond donors (Lipinski definition) is 1. The molecule has 2 aromatic rings. The van der Waals surface area contributed by atoms with Crippen LogP contribution in [0.4, 0.5) is 0 Å². The summed E-state index contributed by atoms with van der Waals surface area (Å²) in [7, 11) is 0. The summed E-state index contributed by atoms with van der Waals surface area (Å²) in [5, 5.41) is 0. The number of nitrogens with two attached hydrogens (primary N) is 1. The van der Waals surface area contributed by atoms with Crippen molar-refractivity contribution in [1.29, 1.82) is 0 Å². The second-order valence-corrected chi connectivity index (χ2v) is 5.41. The molecular weight excluding hydrogens is 250 g/mol. The molecule has 1 unspecified atom stereocenters. The molecule has 0 aliphatic rings. The summed E-state index contributed by atoms with van der Waals surface area (Å²) < 4.78 is 7.79. The van der Waals surface area contributed by atoms with E-state index >= 15 is 0 Å². The van der Waals surface area contributed by atoms with Gasteiger partial charge in [-0.05, 0) is 24.5 Å². The van der Waals surface area contributed by atoms with Crippen molar-refractivity contribution >= 4 is 0 Å². The zero-order chi connectivity index (χ0) is 14.4. The molecule has 0 spiro atoms. The van der Waals surface area contributed by atoms with Crippen molar-refractivity contribution in [2.75, 3.05) is 6.61 Å². The Kier molecular flexibility index (Phi) is 5.18. The maximum atomic E-state index is 6.22. The molecule has 0 radical (unpaired) electrons. The SMILES string of the molecule is CC(C)CC(N)c1cncn1CCOc1ccccc1. The minimum Gasteiger partial charge on any atom is -0.492 e. The third-order valence-corrected chi connectivity index (χ3v) is 3.19. The highest BCUT2D eigenvalue weighted by Crippen LogP contribution is 2.18. The second-order valence-electron chi connectivity index (χ2n) is 5.41. The van der Waals surface area contributed by atoms with Crippen LogP contribution in [-0.4, -0.2) is 16.2 Å². The van der Waals surface area contributed by atoms with E-state index in [1.54, 1.807) is 0 Å². The minimum atomic E-state index is 0.0363. The maximum absolute atomic E-state index is 6.22. The zero-order valence-electron chi connectivity index (χ0n) is 12.2. The number of rotatable bonds is 7. The first-order valence-corrected chi connectivity index (χ1v) is 7.10. The minimum absolute atomic E-state index is 0.0363. The van der Waals surface area contributed by atoms with Crippen molar-refractivity contribution in [3.05, 3.63) is 48.5 Å². The van der Waals surface area contributed by atoms with Crippen LogP contribution in [0, 0.1) is 5.92 Å². The van der Waals surface area contributed by atoms with E-state index in [2.05, 4.69) is 23.4 Å². The largest absolute Gasteiger partial charge is 0.492 e. The number of ether oxygens (including phenoxy) is 1. The standard InChI is InChI=1S/C16H23N3O/c1-13(2)10-15(17)16-11-18-12-19(16)8-9-20-14-6-4-3-5-7-14/h3-7,11-13,15H,8-10,17H2,1-2H3. The molecule has 1 heterocycles. The van der Waals surface area contributed by atoms with Crippen molar-refractivity contribution in [2.24, 2.45) is 11.7 Å². The van der Waals surface area contributed by atoms with E-state index in [-0.39, 0.29) is 6.04 Å². The number of aromatic nitrogens is 2. The van der Waals surface area contributed by atoms with Gasteiger partial charge in [0.2, 0.25) is 0 Å². The summed E-state index contributed by atoms with van der Waals surface area (Å²) in [6, 6.07) is 9.87. The van der Waals surface area contributed by atoms with Gasteiger partial charge < -0.3 is 15.0 Å². The van der Waals surface area contributed by atoms with E-state index in [4.69, 9.17) is 10.5 Å². The molecular formula is C16H23N3O. The summed E-state index contributed by atoms with van der Waals surface area (Å²) in [5.74, 6) is 1.47. The van der Waals surface area contributed by atoms with Crippen LogP contribution in [-0.2, 0) is 6.54 Å². The van der Waals surface area contributed by atoms with Gasteiger partial charge in [0.05, 0.1) is 18.6 Å². The Balaban J connectivity index is 1.89. The lowest BCUT2D eigenvalue weighted by molar-refractivity contribution is 0.294. The predicted molar refractivity (Wildman–Crippen MR) is 80.5 cm³/mol. The summed E-state index contributed by atoms with van der Waals surface area (Å²) in [4.78, 5) is 4.20. The quantitative estimate of drug-likeness (QED) is 0.843. The number of imidazole rings is 1. The van der Waals surface area contributed by atoms with Crippen LogP contribution in [0.15, 0.2) is 42.9 Å². The molecule has 2 rings (SSSR count). The van der Waals surface area contributed by atoms with Gasteiger partial charge in [0.15, 0.2) is 0 Å². The monoisotopic (exact) mass is 273 g/mol. The van der Waals surface area contributed by atoms with E-state index < -0.39 is 0 Å². The Hall–Kier alpha value is -1.81. The van der Waals surface area contributed by atoms with E-state index in [9.17, 15) is 0 Å². The van der Waals surface area contributed by atoms with Crippen molar-refractivity contribution < 1.29 is 4.74 Å². The average Bonchev–Trinajstić information content (AvgIpc) is 2.88. The summed E-state index contributed by atoms with van der Waals surface area (Å²) in [6.07, 6.45) is 4.64.